The minimum absolute atomic E-state index is 0.151. The fraction of sp³-hybridized carbons (Fsp3) is 0.417. The highest BCUT2D eigenvalue weighted by Gasteiger charge is 2.30. The van der Waals surface area contributed by atoms with Gasteiger partial charge in [0.15, 0.2) is 11.5 Å². The molecule has 0 saturated carbocycles. The van der Waals surface area contributed by atoms with Gasteiger partial charge in [0, 0.05) is 6.42 Å². The lowest BCUT2D eigenvalue weighted by Gasteiger charge is -2.24. The molecule has 1 aliphatic rings. The van der Waals surface area contributed by atoms with E-state index in [1.54, 1.807) is 13.0 Å². The molecule has 1 aromatic rings. The fourth-order valence-electron chi connectivity index (χ4n) is 2.01. The molecule has 0 aliphatic carbocycles. The van der Waals surface area contributed by atoms with E-state index in [1.807, 2.05) is 0 Å². The second kappa shape index (κ2) is 4.16. The summed E-state index contributed by atoms with van der Waals surface area (Å²) in [5, 5.41) is 10.00. The Bertz CT molecular complexity index is 466. The van der Waals surface area contributed by atoms with Crippen molar-refractivity contribution in [1.29, 1.82) is 0 Å². The van der Waals surface area contributed by atoms with Crippen molar-refractivity contribution >= 4 is 5.97 Å². The molecule has 0 bridgehead atoms. The first-order valence-electron chi connectivity index (χ1n) is 5.26. The smallest absolute Gasteiger partial charge is 0.342 e. The largest absolute Gasteiger partial charge is 0.504 e. The summed E-state index contributed by atoms with van der Waals surface area (Å²) >= 11 is 0. The number of phenolic OH excluding ortho intramolecular Hbond substituents is 1. The maximum absolute atomic E-state index is 11.7. The molecule has 5 heteroatoms. The Morgan fingerprint density at radius 2 is 2.12 bits per heavy atom. The highest BCUT2D eigenvalue weighted by atomic mass is 16.5. The molecule has 0 spiro atoms. The van der Waals surface area contributed by atoms with E-state index in [1.165, 1.54) is 14.2 Å². The molecular formula is C12H14O5. The average Bonchev–Trinajstić information content (AvgIpc) is 2.27. The lowest BCUT2D eigenvalue weighted by molar-refractivity contribution is 0.0296. The van der Waals surface area contributed by atoms with Gasteiger partial charge < -0.3 is 19.3 Å². The van der Waals surface area contributed by atoms with Crippen LogP contribution in [0.25, 0.3) is 0 Å². The summed E-state index contributed by atoms with van der Waals surface area (Å²) in [7, 11) is 2.88. The van der Waals surface area contributed by atoms with Crippen LogP contribution in [0.1, 0.15) is 22.8 Å². The van der Waals surface area contributed by atoms with Gasteiger partial charge in [-0.25, -0.2) is 4.79 Å². The zero-order chi connectivity index (χ0) is 12.6. The van der Waals surface area contributed by atoms with Crippen molar-refractivity contribution in [2.24, 2.45) is 0 Å². The molecule has 1 N–H and O–H groups in total. The van der Waals surface area contributed by atoms with Crippen LogP contribution in [0.2, 0.25) is 0 Å². The highest BCUT2D eigenvalue weighted by Crippen LogP contribution is 2.43. The number of aromatic hydroxyl groups is 1. The van der Waals surface area contributed by atoms with Crippen molar-refractivity contribution in [2.75, 3.05) is 14.2 Å². The quantitative estimate of drug-likeness (QED) is 0.791. The standard InChI is InChI=1S/C12H14O5/c1-6-4-7-5-8(15-2)11(16-3)10(13)9(7)12(14)17-6/h5-6,13H,4H2,1-3H3/t6-/m0/s1. The van der Waals surface area contributed by atoms with Crippen molar-refractivity contribution in [3.63, 3.8) is 0 Å². The number of ether oxygens (including phenoxy) is 3. The predicted octanol–water partition coefficient (Wildman–Crippen LogP) is 1.51. The number of methoxy groups -OCH3 is 2. The zero-order valence-electron chi connectivity index (χ0n) is 9.94. The molecule has 0 amide bonds. The van der Waals surface area contributed by atoms with Crippen LogP contribution in [0, 0.1) is 0 Å². The van der Waals surface area contributed by atoms with Crippen LogP contribution in [0.15, 0.2) is 6.07 Å². The second-order valence-corrected chi connectivity index (χ2v) is 3.91. The fourth-order valence-corrected chi connectivity index (χ4v) is 2.01. The number of fused-ring (bicyclic) bond motifs is 1. The average molecular weight is 238 g/mol. The van der Waals surface area contributed by atoms with Crippen LogP contribution >= 0.6 is 0 Å². The SMILES string of the molecule is COc1cc2c(c(O)c1OC)C(=O)O[C@@H](C)C2. The first-order valence-corrected chi connectivity index (χ1v) is 5.26. The van der Waals surface area contributed by atoms with Crippen LogP contribution in [-0.2, 0) is 11.2 Å². The number of carbonyl (C=O) groups is 1. The summed E-state index contributed by atoms with van der Waals surface area (Å²) < 4.78 is 15.2. The maximum atomic E-state index is 11.7. The summed E-state index contributed by atoms with van der Waals surface area (Å²) in [6.45, 7) is 1.80. The van der Waals surface area contributed by atoms with Crippen LogP contribution in [0.5, 0.6) is 17.2 Å². The molecule has 1 atom stereocenters. The lowest BCUT2D eigenvalue weighted by Crippen LogP contribution is -2.25. The molecule has 0 unspecified atom stereocenters. The van der Waals surface area contributed by atoms with Gasteiger partial charge in [-0.1, -0.05) is 0 Å². The number of esters is 1. The van der Waals surface area contributed by atoms with Gasteiger partial charge in [-0.2, -0.15) is 0 Å². The van der Waals surface area contributed by atoms with Crippen molar-refractivity contribution in [3.05, 3.63) is 17.2 Å². The van der Waals surface area contributed by atoms with Crippen molar-refractivity contribution < 1.29 is 24.1 Å². The molecule has 5 nitrogen and oxygen atoms in total. The number of phenols is 1. The minimum Gasteiger partial charge on any atom is -0.504 e. The number of carbonyl (C=O) groups excluding carboxylic acids is 1. The van der Waals surface area contributed by atoms with Crippen molar-refractivity contribution in [2.45, 2.75) is 19.4 Å². The molecule has 0 saturated heterocycles. The number of cyclic esters (lactones) is 1. The summed E-state index contributed by atoms with van der Waals surface area (Å²) in [5.74, 6) is -0.195. The Kier molecular flexibility index (Phi) is 2.83. The monoisotopic (exact) mass is 238 g/mol. The van der Waals surface area contributed by atoms with Gasteiger partial charge >= 0.3 is 5.97 Å². The van der Waals surface area contributed by atoms with Crippen LogP contribution in [0.4, 0.5) is 0 Å². The lowest BCUT2D eigenvalue weighted by atomic mass is 9.97. The molecule has 92 valence electrons. The topological polar surface area (TPSA) is 65.0 Å². The van der Waals surface area contributed by atoms with Gasteiger partial charge in [-0.15, -0.1) is 0 Å². The molecule has 0 fully saturated rings. The maximum Gasteiger partial charge on any atom is 0.342 e. The number of benzene rings is 1. The summed E-state index contributed by atoms with van der Waals surface area (Å²) in [6, 6.07) is 1.70. The Morgan fingerprint density at radius 3 is 2.71 bits per heavy atom. The van der Waals surface area contributed by atoms with Gasteiger partial charge in [0.25, 0.3) is 0 Å². The van der Waals surface area contributed by atoms with Gasteiger partial charge in [0.2, 0.25) is 5.75 Å². The zero-order valence-corrected chi connectivity index (χ0v) is 9.94. The molecule has 2 rings (SSSR count). The van der Waals surface area contributed by atoms with E-state index in [0.717, 1.165) is 0 Å². The van der Waals surface area contributed by atoms with Gasteiger partial charge in [0.05, 0.1) is 14.2 Å². The summed E-state index contributed by atoms with van der Waals surface area (Å²) in [6.07, 6.45) is 0.349. The molecule has 1 heterocycles. The summed E-state index contributed by atoms with van der Waals surface area (Å²) in [4.78, 5) is 11.7. The van der Waals surface area contributed by atoms with Gasteiger partial charge in [-0.05, 0) is 18.6 Å². The van der Waals surface area contributed by atoms with Gasteiger partial charge in [0.1, 0.15) is 11.7 Å². The van der Waals surface area contributed by atoms with E-state index < -0.39 is 5.97 Å². The summed E-state index contributed by atoms with van der Waals surface area (Å²) in [5.41, 5.74) is 0.879. The Morgan fingerprint density at radius 1 is 1.41 bits per heavy atom. The van der Waals surface area contributed by atoms with Crippen LogP contribution < -0.4 is 9.47 Å². The first kappa shape index (κ1) is 11.6. The normalized spacial score (nSPS) is 18.3. The molecule has 17 heavy (non-hydrogen) atoms. The Labute approximate surface area is 98.9 Å². The van der Waals surface area contributed by atoms with E-state index in [2.05, 4.69) is 0 Å². The van der Waals surface area contributed by atoms with E-state index in [-0.39, 0.29) is 23.2 Å². The molecule has 1 aliphatic heterocycles. The Balaban J connectivity index is 2.64. The van der Waals surface area contributed by atoms with Crippen LogP contribution in [0.3, 0.4) is 0 Å². The van der Waals surface area contributed by atoms with Crippen LogP contribution in [-0.4, -0.2) is 31.4 Å². The molecular weight excluding hydrogens is 224 g/mol. The van der Waals surface area contributed by atoms with Crippen molar-refractivity contribution in [1.82, 2.24) is 0 Å². The number of rotatable bonds is 2. The second-order valence-electron chi connectivity index (χ2n) is 3.91. The Hall–Kier alpha value is -1.91. The first-order chi connectivity index (χ1) is 8.08. The van der Waals surface area contributed by atoms with Gasteiger partial charge in [-0.3, -0.25) is 0 Å². The highest BCUT2D eigenvalue weighted by molar-refractivity contribution is 5.96. The third-order valence-corrected chi connectivity index (χ3v) is 2.75. The molecule has 1 aromatic carbocycles. The van der Waals surface area contributed by atoms with E-state index >= 15 is 0 Å². The van der Waals surface area contributed by atoms with E-state index in [9.17, 15) is 9.90 Å². The number of hydrogen-bond acceptors (Lipinski definition) is 5. The van der Waals surface area contributed by atoms with E-state index in [0.29, 0.717) is 17.7 Å². The molecule has 0 radical (unpaired) electrons. The third-order valence-electron chi connectivity index (χ3n) is 2.75. The molecule has 0 aromatic heterocycles. The predicted molar refractivity (Wildman–Crippen MR) is 59.8 cm³/mol. The third kappa shape index (κ3) is 1.77. The minimum atomic E-state index is -0.530. The number of hydrogen-bond donors (Lipinski definition) is 1. The van der Waals surface area contributed by atoms with E-state index in [4.69, 9.17) is 14.2 Å². The van der Waals surface area contributed by atoms with Crippen molar-refractivity contribution in [3.8, 4) is 17.2 Å².